The Morgan fingerprint density at radius 2 is 2.07 bits per heavy atom. The van der Waals surface area contributed by atoms with E-state index >= 15 is 0 Å². The van der Waals surface area contributed by atoms with Gasteiger partial charge in [0.15, 0.2) is 5.15 Å². The van der Waals surface area contributed by atoms with Gasteiger partial charge in [-0.15, -0.1) is 5.10 Å². The number of nitrogens with zero attached hydrogens (tertiary/aromatic N) is 2. The normalized spacial score (nSPS) is 18.4. The summed E-state index contributed by atoms with van der Waals surface area (Å²) < 4.78 is 5.27. The molecular formula is C9H12ClN3O. The minimum absolute atomic E-state index is 0.279. The predicted octanol–water partition coefficient (Wildman–Crippen LogP) is 1.61. The number of hydrogen-bond acceptors (Lipinski definition) is 4. The third-order valence-corrected chi connectivity index (χ3v) is 2.73. The number of halogens is 1. The molecule has 0 saturated carbocycles. The Balaban J connectivity index is 2.18. The third-order valence-electron chi connectivity index (χ3n) is 2.43. The third kappa shape index (κ3) is 1.96. The minimum Gasteiger partial charge on any atom is -0.396 e. The molecule has 0 aromatic carbocycles. The van der Waals surface area contributed by atoms with Crippen molar-refractivity contribution >= 4 is 17.3 Å². The molecular weight excluding hydrogens is 202 g/mol. The molecule has 0 radical (unpaired) electrons. The van der Waals surface area contributed by atoms with E-state index in [1.165, 1.54) is 0 Å². The Kier molecular flexibility index (Phi) is 2.84. The van der Waals surface area contributed by atoms with Gasteiger partial charge in [0.25, 0.3) is 0 Å². The summed E-state index contributed by atoms with van der Waals surface area (Å²) in [4.78, 5) is 0. The van der Waals surface area contributed by atoms with Gasteiger partial charge in [-0.3, -0.25) is 0 Å². The van der Waals surface area contributed by atoms with Crippen LogP contribution in [-0.2, 0) is 4.74 Å². The number of hydrogen-bond donors (Lipinski definition) is 1. The highest BCUT2D eigenvalue weighted by atomic mass is 35.5. The topological polar surface area (TPSA) is 61.0 Å². The lowest BCUT2D eigenvalue weighted by molar-refractivity contribution is 0.0843. The quantitative estimate of drug-likeness (QED) is 0.770. The highest BCUT2D eigenvalue weighted by Crippen LogP contribution is 2.27. The first-order valence-corrected chi connectivity index (χ1v) is 5.01. The molecule has 5 heteroatoms. The van der Waals surface area contributed by atoms with Crippen LogP contribution in [0.25, 0.3) is 0 Å². The molecule has 0 aliphatic carbocycles. The van der Waals surface area contributed by atoms with Crippen LogP contribution in [0.15, 0.2) is 6.07 Å². The van der Waals surface area contributed by atoms with E-state index in [9.17, 15) is 0 Å². The zero-order valence-electron chi connectivity index (χ0n) is 7.74. The fourth-order valence-corrected chi connectivity index (χ4v) is 1.69. The molecule has 14 heavy (non-hydrogen) atoms. The summed E-state index contributed by atoms with van der Waals surface area (Å²) in [6.07, 6.45) is 1.96. The van der Waals surface area contributed by atoms with Crippen LogP contribution in [0.4, 0.5) is 5.69 Å². The summed E-state index contributed by atoms with van der Waals surface area (Å²) in [5, 5.41) is 8.13. The molecule has 1 aromatic heterocycles. The second-order valence-corrected chi connectivity index (χ2v) is 3.76. The van der Waals surface area contributed by atoms with Crippen molar-refractivity contribution in [2.75, 3.05) is 18.9 Å². The SMILES string of the molecule is Nc1cc(C2CCOCC2)nnc1Cl. The largest absolute Gasteiger partial charge is 0.396 e. The molecule has 76 valence electrons. The molecule has 0 amide bonds. The second-order valence-electron chi connectivity index (χ2n) is 3.40. The Hall–Kier alpha value is -0.870. The summed E-state index contributed by atoms with van der Waals surface area (Å²) in [7, 11) is 0. The summed E-state index contributed by atoms with van der Waals surface area (Å²) >= 11 is 5.70. The highest BCUT2D eigenvalue weighted by molar-refractivity contribution is 6.31. The molecule has 2 heterocycles. The fraction of sp³-hybridized carbons (Fsp3) is 0.556. The van der Waals surface area contributed by atoms with Crippen molar-refractivity contribution in [3.8, 4) is 0 Å². The summed E-state index contributed by atoms with van der Waals surface area (Å²) in [5.74, 6) is 0.413. The summed E-state index contributed by atoms with van der Waals surface area (Å²) in [6.45, 7) is 1.57. The van der Waals surface area contributed by atoms with Gasteiger partial charge in [-0.25, -0.2) is 0 Å². The first-order valence-electron chi connectivity index (χ1n) is 4.63. The zero-order chi connectivity index (χ0) is 9.97. The molecule has 2 rings (SSSR count). The molecule has 1 saturated heterocycles. The number of rotatable bonds is 1. The average molecular weight is 214 g/mol. The maximum Gasteiger partial charge on any atom is 0.174 e. The van der Waals surface area contributed by atoms with Crippen LogP contribution >= 0.6 is 11.6 Å². The lowest BCUT2D eigenvalue weighted by Gasteiger charge is -2.21. The average Bonchev–Trinajstić information content (AvgIpc) is 2.23. The van der Waals surface area contributed by atoms with Crippen molar-refractivity contribution in [3.05, 3.63) is 16.9 Å². The van der Waals surface area contributed by atoms with Crippen LogP contribution in [0.3, 0.4) is 0 Å². The highest BCUT2D eigenvalue weighted by Gasteiger charge is 2.18. The van der Waals surface area contributed by atoms with E-state index in [0.29, 0.717) is 11.6 Å². The van der Waals surface area contributed by atoms with E-state index in [1.807, 2.05) is 6.07 Å². The van der Waals surface area contributed by atoms with Crippen LogP contribution in [0.5, 0.6) is 0 Å². The van der Waals surface area contributed by atoms with E-state index in [0.717, 1.165) is 31.7 Å². The van der Waals surface area contributed by atoms with E-state index in [2.05, 4.69) is 10.2 Å². The maximum atomic E-state index is 5.70. The molecule has 0 unspecified atom stereocenters. The van der Waals surface area contributed by atoms with Crippen LogP contribution in [-0.4, -0.2) is 23.4 Å². The molecule has 1 fully saturated rings. The number of ether oxygens (including phenoxy) is 1. The van der Waals surface area contributed by atoms with Gasteiger partial charge in [0.05, 0.1) is 11.4 Å². The predicted molar refractivity (Wildman–Crippen MR) is 54.2 cm³/mol. The van der Waals surface area contributed by atoms with Crippen LogP contribution in [0.1, 0.15) is 24.5 Å². The molecule has 2 N–H and O–H groups in total. The van der Waals surface area contributed by atoms with Gasteiger partial charge in [0.1, 0.15) is 0 Å². The second kappa shape index (κ2) is 4.11. The van der Waals surface area contributed by atoms with E-state index in [4.69, 9.17) is 22.1 Å². The van der Waals surface area contributed by atoms with Gasteiger partial charge in [-0.1, -0.05) is 11.6 Å². The van der Waals surface area contributed by atoms with Crippen LogP contribution in [0.2, 0.25) is 5.15 Å². The van der Waals surface area contributed by atoms with Crippen molar-refractivity contribution in [2.24, 2.45) is 0 Å². The minimum atomic E-state index is 0.279. The molecule has 0 bridgehead atoms. The first kappa shape index (κ1) is 9.68. The van der Waals surface area contributed by atoms with Gasteiger partial charge in [-0.2, -0.15) is 5.10 Å². The lowest BCUT2D eigenvalue weighted by Crippen LogP contribution is -2.15. The van der Waals surface area contributed by atoms with Crippen molar-refractivity contribution < 1.29 is 4.74 Å². The number of nitrogen functional groups attached to an aromatic ring is 1. The van der Waals surface area contributed by atoms with Gasteiger partial charge < -0.3 is 10.5 Å². The maximum absolute atomic E-state index is 5.70. The van der Waals surface area contributed by atoms with Crippen molar-refractivity contribution in [2.45, 2.75) is 18.8 Å². The Morgan fingerprint density at radius 1 is 1.36 bits per heavy atom. The Labute approximate surface area is 87.4 Å². The van der Waals surface area contributed by atoms with Crippen LogP contribution < -0.4 is 5.73 Å². The van der Waals surface area contributed by atoms with Gasteiger partial charge in [-0.05, 0) is 18.9 Å². The molecule has 4 nitrogen and oxygen atoms in total. The summed E-state index contributed by atoms with van der Waals surface area (Å²) in [5.41, 5.74) is 7.09. The molecule has 1 aromatic rings. The fourth-order valence-electron chi connectivity index (χ4n) is 1.60. The van der Waals surface area contributed by atoms with Crippen molar-refractivity contribution in [1.82, 2.24) is 10.2 Å². The van der Waals surface area contributed by atoms with E-state index in [1.54, 1.807) is 0 Å². The monoisotopic (exact) mass is 213 g/mol. The van der Waals surface area contributed by atoms with E-state index in [-0.39, 0.29) is 5.15 Å². The smallest absolute Gasteiger partial charge is 0.174 e. The molecule has 0 atom stereocenters. The molecule has 1 aliphatic rings. The number of nitrogens with two attached hydrogens (primary N) is 1. The molecule has 1 aliphatic heterocycles. The standard InChI is InChI=1S/C9H12ClN3O/c10-9-7(11)5-8(12-13-9)6-1-3-14-4-2-6/h5-6H,1-4H2,(H2,11,12). The lowest BCUT2D eigenvalue weighted by atomic mass is 9.96. The Morgan fingerprint density at radius 3 is 2.71 bits per heavy atom. The molecule has 0 spiro atoms. The van der Waals surface area contributed by atoms with Gasteiger partial charge in [0.2, 0.25) is 0 Å². The first-order chi connectivity index (χ1) is 6.77. The zero-order valence-corrected chi connectivity index (χ0v) is 8.50. The van der Waals surface area contributed by atoms with Gasteiger partial charge >= 0.3 is 0 Å². The van der Waals surface area contributed by atoms with Crippen molar-refractivity contribution in [1.29, 1.82) is 0 Å². The van der Waals surface area contributed by atoms with Crippen LogP contribution in [0, 0.1) is 0 Å². The van der Waals surface area contributed by atoms with E-state index < -0.39 is 0 Å². The summed E-state index contributed by atoms with van der Waals surface area (Å²) in [6, 6.07) is 1.81. The number of aromatic nitrogens is 2. The van der Waals surface area contributed by atoms with Crippen molar-refractivity contribution in [3.63, 3.8) is 0 Å². The number of anilines is 1. The Bertz CT molecular complexity index is 326. The van der Waals surface area contributed by atoms with Gasteiger partial charge in [0, 0.05) is 19.1 Å².